The van der Waals surface area contributed by atoms with Gasteiger partial charge in [-0.2, -0.15) is 28.6 Å². The van der Waals surface area contributed by atoms with Gasteiger partial charge in [0.1, 0.15) is 5.02 Å². The predicted molar refractivity (Wildman–Crippen MR) is 76.5 cm³/mol. The lowest BCUT2D eigenvalue weighted by molar-refractivity contribution is 0.708. The van der Waals surface area contributed by atoms with Crippen LogP contribution in [0.1, 0.15) is 0 Å². The molecular formula is C10H14ClN3OS2. The van der Waals surface area contributed by atoms with Crippen molar-refractivity contribution in [1.29, 1.82) is 0 Å². The molecule has 0 aromatic carbocycles. The lowest BCUT2D eigenvalue weighted by atomic mass is 10.4. The summed E-state index contributed by atoms with van der Waals surface area (Å²) in [6, 6.07) is 0. The highest BCUT2D eigenvalue weighted by Gasteiger charge is 2.15. The molecule has 0 bridgehead atoms. The van der Waals surface area contributed by atoms with Gasteiger partial charge in [-0.1, -0.05) is 11.6 Å². The molecule has 1 saturated heterocycles. The second kappa shape index (κ2) is 6.02. The first-order chi connectivity index (χ1) is 8.18. The Hall–Kier alpha value is -0.330. The van der Waals surface area contributed by atoms with Crippen LogP contribution in [0.4, 0.5) is 5.69 Å². The van der Waals surface area contributed by atoms with Crippen molar-refractivity contribution in [3.05, 3.63) is 21.6 Å². The van der Waals surface area contributed by atoms with Gasteiger partial charge in [0.25, 0.3) is 5.56 Å². The Kier molecular flexibility index (Phi) is 4.64. The molecule has 0 saturated carbocycles. The number of aryl methyl sites for hydroxylation is 1. The van der Waals surface area contributed by atoms with Gasteiger partial charge in [-0.25, -0.2) is 4.68 Å². The normalized spacial score (nSPS) is 20.2. The summed E-state index contributed by atoms with van der Waals surface area (Å²) in [5.41, 5.74) is 0.369. The Morgan fingerprint density at radius 2 is 2.47 bits per heavy atom. The number of rotatable bonds is 3. The fourth-order valence-corrected chi connectivity index (χ4v) is 4.36. The maximum absolute atomic E-state index is 11.6. The van der Waals surface area contributed by atoms with E-state index in [1.807, 2.05) is 23.5 Å². The summed E-state index contributed by atoms with van der Waals surface area (Å²) in [6.45, 7) is 0.826. The molecule has 0 aliphatic carbocycles. The number of aromatic nitrogens is 2. The molecule has 0 amide bonds. The van der Waals surface area contributed by atoms with Gasteiger partial charge < -0.3 is 5.32 Å². The second-order valence-corrected chi connectivity index (χ2v) is 6.69. The first-order valence-corrected chi connectivity index (χ1v) is 7.91. The lowest BCUT2D eigenvalue weighted by Gasteiger charge is -2.21. The Morgan fingerprint density at radius 3 is 3.18 bits per heavy atom. The summed E-state index contributed by atoms with van der Waals surface area (Å²) < 4.78 is 1.23. The van der Waals surface area contributed by atoms with E-state index in [-0.39, 0.29) is 10.6 Å². The molecule has 1 N–H and O–H groups in total. The molecule has 1 atom stereocenters. The highest BCUT2D eigenvalue weighted by Crippen LogP contribution is 2.25. The van der Waals surface area contributed by atoms with Crippen LogP contribution in [-0.4, -0.2) is 38.8 Å². The molecule has 1 fully saturated rings. The van der Waals surface area contributed by atoms with Gasteiger partial charge in [0, 0.05) is 36.1 Å². The van der Waals surface area contributed by atoms with Crippen molar-refractivity contribution >= 4 is 40.8 Å². The van der Waals surface area contributed by atoms with Gasteiger partial charge in [0.15, 0.2) is 0 Å². The van der Waals surface area contributed by atoms with Crippen molar-refractivity contribution in [1.82, 2.24) is 9.78 Å². The molecule has 7 heteroatoms. The number of nitrogens with zero attached hydrogens (tertiary/aromatic N) is 2. The fourth-order valence-electron chi connectivity index (χ4n) is 1.51. The van der Waals surface area contributed by atoms with Gasteiger partial charge in [-0.05, 0) is 0 Å². The third kappa shape index (κ3) is 3.33. The van der Waals surface area contributed by atoms with Crippen LogP contribution in [0.5, 0.6) is 0 Å². The smallest absolute Gasteiger partial charge is 0.287 e. The monoisotopic (exact) mass is 291 g/mol. The van der Waals surface area contributed by atoms with Crippen molar-refractivity contribution < 1.29 is 0 Å². The summed E-state index contributed by atoms with van der Waals surface area (Å²) in [5, 5.41) is 7.95. The first kappa shape index (κ1) is 13.1. The quantitative estimate of drug-likeness (QED) is 0.918. The molecule has 1 aromatic heterocycles. The average molecular weight is 292 g/mol. The van der Waals surface area contributed by atoms with Crippen LogP contribution in [0, 0.1) is 0 Å². The molecular weight excluding hydrogens is 278 g/mol. The van der Waals surface area contributed by atoms with E-state index in [1.54, 1.807) is 13.2 Å². The minimum Gasteiger partial charge on any atom is -0.381 e. The summed E-state index contributed by atoms with van der Waals surface area (Å²) in [4.78, 5) is 11.6. The van der Waals surface area contributed by atoms with Gasteiger partial charge in [0.05, 0.1) is 11.9 Å². The van der Waals surface area contributed by atoms with Crippen molar-refractivity contribution in [2.75, 3.05) is 29.1 Å². The molecule has 0 radical (unpaired) electrons. The predicted octanol–water partition coefficient (Wildman–Crippen LogP) is 1.69. The van der Waals surface area contributed by atoms with Gasteiger partial charge in [0.2, 0.25) is 0 Å². The van der Waals surface area contributed by atoms with E-state index in [1.165, 1.54) is 16.2 Å². The van der Waals surface area contributed by atoms with E-state index in [0.29, 0.717) is 10.9 Å². The van der Waals surface area contributed by atoms with Gasteiger partial charge >= 0.3 is 0 Å². The summed E-state index contributed by atoms with van der Waals surface area (Å²) >= 11 is 9.91. The van der Waals surface area contributed by atoms with Crippen molar-refractivity contribution in [2.45, 2.75) is 5.25 Å². The number of anilines is 1. The van der Waals surface area contributed by atoms with E-state index in [0.717, 1.165) is 12.3 Å². The zero-order chi connectivity index (χ0) is 12.3. The Balaban J connectivity index is 1.99. The van der Waals surface area contributed by atoms with Crippen molar-refractivity contribution in [2.24, 2.45) is 7.05 Å². The first-order valence-electron chi connectivity index (χ1n) is 5.33. The van der Waals surface area contributed by atoms with Crippen LogP contribution >= 0.6 is 35.1 Å². The molecule has 17 heavy (non-hydrogen) atoms. The van der Waals surface area contributed by atoms with Gasteiger partial charge in [-0.3, -0.25) is 4.79 Å². The average Bonchev–Trinajstić information content (AvgIpc) is 2.36. The molecule has 1 unspecified atom stereocenters. The molecule has 1 aliphatic rings. The molecule has 94 valence electrons. The summed E-state index contributed by atoms with van der Waals surface area (Å²) in [5.74, 6) is 3.57. The van der Waals surface area contributed by atoms with Crippen LogP contribution < -0.4 is 10.9 Å². The lowest BCUT2D eigenvalue weighted by Crippen LogP contribution is -2.26. The largest absolute Gasteiger partial charge is 0.381 e. The fraction of sp³-hybridized carbons (Fsp3) is 0.600. The third-order valence-electron chi connectivity index (χ3n) is 2.48. The molecule has 2 heterocycles. The summed E-state index contributed by atoms with van der Waals surface area (Å²) in [6.07, 6.45) is 1.60. The van der Waals surface area contributed by atoms with Crippen molar-refractivity contribution in [3.8, 4) is 0 Å². The number of nitrogens with one attached hydrogen (secondary N) is 1. The zero-order valence-electron chi connectivity index (χ0n) is 9.48. The van der Waals surface area contributed by atoms with Crippen LogP contribution in [0.2, 0.25) is 5.02 Å². The standard InChI is InChI=1S/C10H14ClN3OS2/c1-14-10(15)9(11)8(5-13-14)12-4-7-6-16-2-3-17-7/h5,7,12H,2-4,6H2,1H3. The Bertz CT molecular complexity index is 446. The third-order valence-corrected chi connectivity index (χ3v) is 5.69. The SMILES string of the molecule is Cn1ncc(NCC2CSCCS2)c(Cl)c1=O. The molecule has 1 aliphatic heterocycles. The summed E-state index contributed by atoms with van der Waals surface area (Å²) in [7, 11) is 1.59. The van der Waals surface area contributed by atoms with E-state index >= 15 is 0 Å². The minimum atomic E-state index is -0.262. The Labute approximate surface area is 113 Å². The minimum absolute atomic E-state index is 0.218. The van der Waals surface area contributed by atoms with E-state index in [9.17, 15) is 4.79 Å². The van der Waals surface area contributed by atoms with Crippen LogP contribution in [0.3, 0.4) is 0 Å². The zero-order valence-corrected chi connectivity index (χ0v) is 11.9. The maximum Gasteiger partial charge on any atom is 0.287 e. The maximum atomic E-state index is 11.6. The molecule has 1 aromatic rings. The van der Waals surface area contributed by atoms with E-state index < -0.39 is 0 Å². The van der Waals surface area contributed by atoms with E-state index in [4.69, 9.17) is 11.6 Å². The number of thioether (sulfide) groups is 2. The van der Waals surface area contributed by atoms with Crippen LogP contribution in [0.15, 0.2) is 11.0 Å². The number of hydrogen-bond donors (Lipinski definition) is 1. The molecule has 0 spiro atoms. The van der Waals surface area contributed by atoms with Crippen LogP contribution in [-0.2, 0) is 7.05 Å². The number of halogens is 1. The molecule has 2 rings (SSSR count). The van der Waals surface area contributed by atoms with Crippen molar-refractivity contribution in [3.63, 3.8) is 0 Å². The molecule has 4 nitrogen and oxygen atoms in total. The Morgan fingerprint density at radius 1 is 1.65 bits per heavy atom. The van der Waals surface area contributed by atoms with Crippen LogP contribution in [0.25, 0.3) is 0 Å². The topological polar surface area (TPSA) is 46.9 Å². The second-order valence-electron chi connectivity index (χ2n) is 3.75. The number of hydrogen-bond acceptors (Lipinski definition) is 5. The highest BCUT2D eigenvalue weighted by molar-refractivity contribution is 8.06. The van der Waals surface area contributed by atoms with E-state index in [2.05, 4.69) is 10.4 Å². The van der Waals surface area contributed by atoms with Gasteiger partial charge in [-0.15, -0.1) is 0 Å². The highest BCUT2D eigenvalue weighted by atomic mass is 35.5.